The Labute approximate surface area is 119 Å². The summed E-state index contributed by atoms with van der Waals surface area (Å²) < 4.78 is 19.3. The summed E-state index contributed by atoms with van der Waals surface area (Å²) in [4.78, 5) is 4.22. The predicted molar refractivity (Wildman–Crippen MR) is 76.1 cm³/mol. The van der Waals surface area contributed by atoms with Crippen molar-refractivity contribution >= 4 is 0 Å². The summed E-state index contributed by atoms with van der Waals surface area (Å²) in [5, 5.41) is 10.2. The number of β-amino-alcohol motifs (C(OH)–C–C–N with tert-alkyl or cyclic N) is 1. The largest absolute Gasteiger partial charge is 0.387 e. The van der Waals surface area contributed by atoms with E-state index in [1.54, 1.807) is 18.2 Å². The van der Waals surface area contributed by atoms with Crippen molar-refractivity contribution in [1.82, 2.24) is 9.80 Å². The van der Waals surface area contributed by atoms with E-state index in [9.17, 15) is 9.50 Å². The van der Waals surface area contributed by atoms with Gasteiger partial charge in [-0.1, -0.05) is 18.2 Å². The quantitative estimate of drug-likeness (QED) is 0.878. The molecule has 2 atom stereocenters. The Morgan fingerprint density at radius 3 is 2.90 bits per heavy atom. The van der Waals surface area contributed by atoms with Crippen LogP contribution in [0.3, 0.4) is 0 Å². The summed E-state index contributed by atoms with van der Waals surface area (Å²) in [5.74, 6) is -0.349. The van der Waals surface area contributed by atoms with Gasteiger partial charge < -0.3 is 14.7 Å². The summed E-state index contributed by atoms with van der Waals surface area (Å²) in [5.41, 5.74) is 0.364. The zero-order valence-corrected chi connectivity index (χ0v) is 12.1. The average molecular weight is 282 g/mol. The third-order valence-corrected chi connectivity index (χ3v) is 3.49. The van der Waals surface area contributed by atoms with Gasteiger partial charge in [0.05, 0.1) is 18.8 Å². The molecule has 0 aromatic heterocycles. The molecule has 0 radical (unpaired) electrons. The maximum Gasteiger partial charge on any atom is 0.129 e. The lowest BCUT2D eigenvalue weighted by atomic mass is 10.1. The number of hydrogen-bond donors (Lipinski definition) is 1. The number of nitrogens with zero attached hydrogens (tertiary/aromatic N) is 2. The number of ether oxygens (including phenoxy) is 1. The van der Waals surface area contributed by atoms with E-state index in [2.05, 4.69) is 9.80 Å². The number of halogens is 1. The van der Waals surface area contributed by atoms with Crippen LogP contribution in [0.15, 0.2) is 24.3 Å². The molecule has 4 nitrogen and oxygen atoms in total. The molecular weight excluding hydrogens is 259 g/mol. The first-order valence-electron chi connectivity index (χ1n) is 6.97. The third-order valence-electron chi connectivity index (χ3n) is 3.49. The van der Waals surface area contributed by atoms with Crippen LogP contribution >= 0.6 is 0 Å². The highest BCUT2D eigenvalue weighted by atomic mass is 19.1. The van der Waals surface area contributed by atoms with Crippen molar-refractivity contribution in [2.24, 2.45) is 0 Å². The zero-order valence-electron chi connectivity index (χ0n) is 12.1. The van der Waals surface area contributed by atoms with E-state index in [0.717, 1.165) is 19.6 Å². The minimum absolute atomic E-state index is 0.145. The summed E-state index contributed by atoms with van der Waals surface area (Å²) in [6, 6.07) is 6.40. The zero-order chi connectivity index (χ0) is 14.5. The van der Waals surface area contributed by atoms with Gasteiger partial charge in [0.25, 0.3) is 0 Å². The molecule has 1 aromatic carbocycles. The number of likely N-dealkylation sites (N-methyl/N-ethyl adjacent to an activating group) is 1. The molecule has 20 heavy (non-hydrogen) atoms. The highest BCUT2D eigenvalue weighted by Crippen LogP contribution is 2.19. The molecule has 0 amide bonds. The first kappa shape index (κ1) is 15.4. The first-order chi connectivity index (χ1) is 9.56. The summed E-state index contributed by atoms with van der Waals surface area (Å²) >= 11 is 0. The van der Waals surface area contributed by atoms with E-state index in [0.29, 0.717) is 18.7 Å². The minimum atomic E-state index is -0.797. The highest BCUT2D eigenvalue weighted by molar-refractivity contribution is 5.20. The molecule has 2 rings (SSSR count). The molecule has 5 heteroatoms. The molecule has 0 saturated carbocycles. The number of rotatable bonds is 5. The number of morpholine rings is 1. The maximum atomic E-state index is 13.6. The summed E-state index contributed by atoms with van der Waals surface area (Å²) in [6.45, 7) is 3.49. The van der Waals surface area contributed by atoms with Crippen molar-refractivity contribution in [2.75, 3.05) is 46.9 Å². The Bertz CT molecular complexity index is 428. The van der Waals surface area contributed by atoms with Crippen LogP contribution in [0, 0.1) is 5.82 Å². The minimum Gasteiger partial charge on any atom is -0.387 e. The Balaban J connectivity index is 1.91. The van der Waals surface area contributed by atoms with Gasteiger partial charge in [0.2, 0.25) is 0 Å². The van der Waals surface area contributed by atoms with Gasteiger partial charge in [-0.05, 0) is 20.2 Å². The normalized spacial score (nSPS) is 22.1. The molecule has 1 aromatic rings. The van der Waals surface area contributed by atoms with Crippen LogP contribution in [0.1, 0.15) is 11.7 Å². The van der Waals surface area contributed by atoms with E-state index in [1.807, 2.05) is 14.1 Å². The van der Waals surface area contributed by atoms with Crippen LogP contribution < -0.4 is 0 Å². The molecule has 0 spiro atoms. The van der Waals surface area contributed by atoms with Gasteiger partial charge in [0.1, 0.15) is 5.82 Å². The van der Waals surface area contributed by atoms with Crippen molar-refractivity contribution in [3.8, 4) is 0 Å². The van der Waals surface area contributed by atoms with Crippen LogP contribution in [-0.4, -0.2) is 67.9 Å². The lowest BCUT2D eigenvalue weighted by Gasteiger charge is -2.35. The average Bonchev–Trinajstić information content (AvgIpc) is 2.38. The smallest absolute Gasteiger partial charge is 0.129 e. The van der Waals surface area contributed by atoms with Crippen LogP contribution in [0.2, 0.25) is 0 Å². The van der Waals surface area contributed by atoms with Crippen LogP contribution in [0.5, 0.6) is 0 Å². The van der Waals surface area contributed by atoms with Gasteiger partial charge >= 0.3 is 0 Å². The van der Waals surface area contributed by atoms with Crippen molar-refractivity contribution in [3.63, 3.8) is 0 Å². The Hall–Kier alpha value is -1.01. The first-order valence-corrected chi connectivity index (χ1v) is 6.97. The van der Waals surface area contributed by atoms with E-state index in [4.69, 9.17) is 4.74 Å². The van der Waals surface area contributed by atoms with Crippen LogP contribution in [0.4, 0.5) is 4.39 Å². The molecule has 2 unspecified atom stereocenters. The van der Waals surface area contributed by atoms with Crippen LogP contribution in [0.25, 0.3) is 0 Å². The van der Waals surface area contributed by atoms with E-state index >= 15 is 0 Å². The van der Waals surface area contributed by atoms with E-state index in [-0.39, 0.29) is 11.9 Å². The lowest BCUT2D eigenvalue weighted by Crippen LogP contribution is -2.47. The van der Waals surface area contributed by atoms with E-state index in [1.165, 1.54) is 6.07 Å². The Kier molecular flexibility index (Phi) is 5.48. The molecule has 1 N–H and O–H groups in total. The second-order valence-corrected chi connectivity index (χ2v) is 5.55. The SMILES string of the molecule is CN(C)CC1CN(CC(O)c2ccccc2F)CCO1. The predicted octanol–water partition coefficient (Wildman–Crippen LogP) is 1.12. The van der Waals surface area contributed by atoms with Crippen LogP contribution in [-0.2, 0) is 4.74 Å². The van der Waals surface area contributed by atoms with Gasteiger partial charge in [-0.2, -0.15) is 0 Å². The van der Waals surface area contributed by atoms with Gasteiger partial charge in [-0.25, -0.2) is 4.39 Å². The molecule has 1 aliphatic heterocycles. The van der Waals surface area contributed by atoms with Crippen molar-refractivity contribution in [2.45, 2.75) is 12.2 Å². The van der Waals surface area contributed by atoms with Gasteiger partial charge in [-0.3, -0.25) is 4.90 Å². The number of aliphatic hydroxyl groups excluding tert-OH is 1. The topological polar surface area (TPSA) is 35.9 Å². The Morgan fingerprint density at radius 1 is 1.45 bits per heavy atom. The molecule has 1 aliphatic rings. The fourth-order valence-electron chi connectivity index (χ4n) is 2.55. The second-order valence-electron chi connectivity index (χ2n) is 5.55. The molecule has 1 heterocycles. The summed E-state index contributed by atoms with van der Waals surface area (Å²) in [6.07, 6.45) is -0.652. The number of benzene rings is 1. The molecule has 112 valence electrons. The van der Waals surface area contributed by atoms with Gasteiger partial charge in [-0.15, -0.1) is 0 Å². The fourth-order valence-corrected chi connectivity index (χ4v) is 2.55. The monoisotopic (exact) mass is 282 g/mol. The Morgan fingerprint density at radius 2 is 2.20 bits per heavy atom. The van der Waals surface area contributed by atoms with Gasteiger partial charge in [0, 0.05) is 31.7 Å². The maximum absolute atomic E-state index is 13.6. The summed E-state index contributed by atoms with van der Waals surface area (Å²) in [7, 11) is 4.02. The number of hydrogen-bond acceptors (Lipinski definition) is 4. The molecule has 0 bridgehead atoms. The fraction of sp³-hybridized carbons (Fsp3) is 0.600. The number of aliphatic hydroxyl groups is 1. The second kappa shape index (κ2) is 7.13. The molecule has 0 aliphatic carbocycles. The van der Waals surface area contributed by atoms with Crippen molar-refractivity contribution < 1.29 is 14.2 Å². The van der Waals surface area contributed by atoms with Crippen molar-refractivity contribution in [1.29, 1.82) is 0 Å². The lowest BCUT2D eigenvalue weighted by molar-refractivity contribution is -0.0491. The molecular formula is C15H23FN2O2. The molecule has 1 fully saturated rings. The van der Waals surface area contributed by atoms with E-state index < -0.39 is 6.10 Å². The standard InChI is InChI=1S/C15H23FN2O2/c1-17(2)9-12-10-18(7-8-20-12)11-15(19)13-5-3-4-6-14(13)16/h3-6,12,15,19H,7-11H2,1-2H3. The third kappa shape index (κ3) is 4.24. The van der Waals surface area contributed by atoms with Gasteiger partial charge in [0.15, 0.2) is 0 Å². The highest BCUT2D eigenvalue weighted by Gasteiger charge is 2.24. The molecule has 1 saturated heterocycles. The van der Waals surface area contributed by atoms with Crippen molar-refractivity contribution in [3.05, 3.63) is 35.6 Å².